The molecule has 1 N–H and O–H groups in total. The van der Waals surface area contributed by atoms with E-state index in [1.54, 1.807) is 0 Å². The normalized spacial score (nSPS) is 19.0. The van der Waals surface area contributed by atoms with Gasteiger partial charge in [0.1, 0.15) is 11.6 Å². The molecule has 0 aliphatic carbocycles. The Bertz CT molecular complexity index is 1310. The molecule has 0 bridgehead atoms. The number of hydrogen-bond donors (Lipinski definition) is 1. The number of rotatable bonds is 8. The summed E-state index contributed by atoms with van der Waals surface area (Å²) in [7, 11) is 0. The lowest BCUT2D eigenvalue weighted by molar-refractivity contribution is 0.168. The Morgan fingerprint density at radius 1 is 0.568 bits per heavy atom. The molecular formula is C35H47F2N7. The molecule has 2 aliphatic rings. The highest BCUT2D eigenvalue weighted by Crippen LogP contribution is 2.29. The Morgan fingerprint density at radius 2 is 0.977 bits per heavy atom. The van der Waals surface area contributed by atoms with Crippen molar-refractivity contribution in [3.63, 3.8) is 0 Å². The number of aromatic nitrogens is 4. The topological polar surface area (TPSA) is 54.2 Å². The van der Waals surface area contributed by atoms with Gasteiger partial charge in [-0.05, 0) is 89.0 Å². The van der Waals surface area contributed by atoms with Gasteiger partial charge in [-0.2, -0.15) is 0 Å². The molecule has 2 aromatic heterocycles. The highest BCUT2D eigenvalue weighted by atomic mass is 19.1. The van der Waals surface area contributed by atoms with Crippen molar-refractivity contribution in [3.05, 3.63) is 108 Å². The van der Waals surface area contributed by atoms with Crippen LogP contribution < -0.4 is 5.32 Å². The minimum Gasteiger partial charge on any atom is -0.326 e. The van der Waals surface area contributed by atoms with Crippen molar-refractivity contribution in [1.82, 2.24) is 34.2 Å². The van der Waals surface area contributed by atoms with Crippen molar-refractivity contribution in [2.24, 2.45) is 0 Å². The van der Waals surface area contributed by atoms with Crippen LogP contribution >= 0.6 is 0 Å². The summed E-state index contributed by atoms with van der Waals surface area (Å²) >= 11 is 0. The first kappa shape index (κ1) is 32.0. The summed E-state index contributed by atoms with van der Waals surface area (Å²) in [6.07, 6.45) is 11.6. The SMILES string of the molecule is CC(c1cncn1[C@H](C)c1ccc(F)cc1)N1CCCCC1.CC(c1cncn1[C@H](C)c1ccc(F)cc1)N1CCNCC1. The summed E-state index contributed by atoms with van der Waals surface area (Å²) in [6.45, 7) is 15.3. The number of likely N-dealkylation sites (tertiary alicyclic amines) is 1. The summed E-state index contributed by atoms with van der Waals surface area (Å²) in [5.41, 5.74) is 4.64. The number of hydrogen-bond acceptors (Lipinski definition) is 5. The minimum absolute atomic E-state index is 0.142. The third kappa shape index (κ3) is 7.62. The van der Waals surface area contributed by atoms with Gasteiger partial charge in [0.2, 0.25) is 0 Å². The van der Waals surface area contributed by atoms with Crippen LogP contribution in [0.25, 0.3) is 0 Å². The first-order chi connectivity index (χ1) is 21.3. The van der Waals surface area contributed by atoms with Crippen molar-refractivity contribution in [2.75, 3.05) is 39.3 Å². The average Bonchev–Trinajstić information content (AvgIpc) is 3.76. The Morgan fingerprint density at radius 3 is 1.41 bits per heavy atom. The van der Waals surface area contributed by atoms with Gasteiger partial charge in [-0.1, -0.05) is 30.7 Å². The molecular weight excluding hydrogens is 556 g/mol. The predicted octanol–water partition coefficient (Wildman–Crippen LogP) is 6.78. The summed E-state index contributed by atoms with van der Waals surface area (Å²) in [4.78, 5) is 13.7. The Balaban J connectivity index is 0.000000175. The number of nitrogens with one attached hydrogen (secondary N) is 1. The van der Waals surface area contributed by atoms with Gasteiger partial charge in [-0.3, -0.25) is 9.80 Å². The second-order valence-electron chi connectivity index (χ2n) is 12.1. The van der Waals surface area contributed by atoms with Gasteiger partial charge in [-0.15, -0.1) is 0 Å². The van der Waals surface area contributed by atoms with Gasteiger partial charge in [0, 0.05) is 50.7 Å². The molecule has 2 aliphatic heterocycles. The first-order valence-electron chi connectivity index (χ1n) is 16.1. The lowest BCUT2D eigenvalue weighted by atomic mass is 10.1. The fourth-order valence-corrected chi connectivity index (χ4v) is 6.48. The molecule has 9 heteroatoms. The fraction of sp³-hybridized carbons (Fsp3) is 0.486. The monoisotopic (exact) mass is 603 g/mol. The molecule has 44 heavy (non-hydrogen) atoms. The van der Waals surface area contributed by atoms with Crippen molar-refractivity contribution in [3.8, 4) is 0 Å². The van der Waals surface area contributed by atoms with Crippen LogP contribution in [0, 0.1) is 11.6 Å². The third-order valence-electron chi connectivity index (χ3n) is 9.43. The van der Waals surface area contributed by atoms with E-state index in [1.165, 1.54) is 54.9 Å². The van der Waals surface area contributed by atoms with Gasteiger partial charge in [0.25, 0.3) is 0 Å². The van der Waals surface area contributed by atoms with Crippen molar-refractivity contribution < 1.29 is 8.78 Å². The molecule has 0 radical (unpaired) electrons. The zero-order valence-corrected chi connectivity index (χ0v) is 26.5. The van der Waals surface area contributed by atoms with Crippen LogP contribution in [-0.4, -0.2) is 68.2 Å². The van der Waals surface area contributed by atoms with E-state index in [2.05, 4.69) is 61.9 Å². The summed E-state index contributed by atoms with van der Waals surface area (Å²) < 4.78 is 30.6. The Hall–Kier alpha value is -3.40. The van der Waals surface area contributed by atoms with E-state index >= 15 is 0 Å². The lowest BCUT2D eigenvalue weighted by Gasteiger charge is -2.33. The highest BCUT2D eigenvalue weighted by Gasteiger charge is 2.24. The van der Waals surface area contributed by atoms with Crippen molar-refractivity contribution in [1.29, 1.82) is 0 Å². The van der Waals surface area contributed by atoms with Crippen LogP contribution in [0.1, 0.15) is 93.6 Å². The van der Waals surface area contributed by atoms with Crippen LogP contribution in [0.15, 0.2) is 73.6 Å². The second kappa shape index (κ2) is 15.1. The zero-order chi connectivity index (χ0) is 31.1. The van der Waals surface area contributed by atoms with E-state index in [4.69, 9.17) is 0 Å². The van der Waals surface area contributed by atoms with Crippen LogP contribution in [0.2, 0.25) is 0 Å². The second-order valence-corrected chi connectivity index (χ2v) is 12.1. The minimum atomic E-state index is -0.198. The van der Waals surface area contributed by atoms with Crippen molar-refractivity contribution in [2.45, 2.75) is 71.1 Å². The summed E-state index contributed by atoms with van der Waals surface area (Å²) in [5.74, 6) is -0.389. The van der Waals surface area contributed by atoms with Gasteiger partial charge < -0.3 is 14.5 Å². The van der Waals surface area contributed by atoms with Crippen LogP contribution in [0.5, 0.6) is 0 Å². The van der Waals surface area contributed by atoms with E-state index in [0.29, 0.717) is 12.1 Å². The molecule has 2 unspecified atom stereocenters. The third-order valence-corrected chi connectivity index (χ3v) is 9.43. The van der Waals surface area contributed by atoms with E-state index < -0.39 is 0 Å². The van der Waals surface area contributed by atoms with Gasteiger partial charge >= 0.3 is 0 Å². The van der Waals surface area contributed by atoms with Gasteiger partial charge in [0.15, 0.2) is 0 Å². The number of imidazole rings is 2. The molecule has 2 aromatic carbocycles. The van der Waals surface area contributed by atoms with Crippen LogP contribution in [-0.2, 0) is 0 Å². The maximum atomic E-state index is 13.1. The summed E-state index contributed by atoms with van der Waals surface area (Å²) in [6, 6.07) is 14.5. The zero-order valence-electron chi connectivity index (χ0n) is 26.5. The molecule has 2 fully saturated rings. The first-order valence-corrected chi connectivity index (χ1v) is 16.1. The standard InChI is InChI=1S/C18H24FN3.C17H23FN4/c1-14(16-6-8-17(19)9-7-16)22-13-20-12-18(22)15(2)21-10-4-3-5-11-21;1-13(15-3-5-16(18)6-4-15)22-12-20-11-17(22)14(2)21-9-7-19-8-10-21/h6-9,12-15H,3-5,10-11H2,1-2H3;3-6,11-14,19H,7-10H2,1-2H3/t14-,15?;13-,14?/m11/s1. The number of piperidine rings is 1. The molecule has 0 amide bonds. The maximum absolute atomic E-state index is 13.1. The maximum Gasteiger partial charge on any atom is 0.123 e. The number of nitrogens with zero attached hydrogens (tertiary/aromatic N) is 6. The predicted molar refractivity (Wildman–Crippen MR) is 172 cm³/mol. The number of benzene rings is 2. The largest absolute Gasteiger partial charge is 0.326 e. The smallest absolute Gasteiger partial charge is 0.123 e. The fourth-order valence-electron chi connectivity index (χ4n) is 6.48. The molecule has 4 heterocycles. The van der Waals surface area contributed by atoms with Crippen molar-refractivity contribution >= 4 is 0 Å². The van der Waals surface area contributed by atoms with E-state index in [-0.39, 0.29) is 23.7 Å². The molecule has 2 saturated heterocycles. The molecule has 6 rings (SSSR count). The quantitative estimate of drug-likeness (QED) is 0.241. The van der Waals surface area contributed by atoms with E-state index in [9.17, 15) is 8.78 Å². The number of halogens is 2. The lowest BCUT2D eigenvalue weighted by Crippen LogP contribution is -2.44. The molecule has 4 aromatic rings. The molecule has 7 nitrogen and oxygen atoms in total. The summed E-state index contributed by atoms with van der Waals surface area (Å²) in [5, 5.41) is 3.38. The average molecular weight is 604 g/mol. The molecule has 236 valence electrons. The molecule has 0 saturated carbocycles. The molecule has 4 atom stereocenters. The van der Waals surface area contributed by atoms with E-state index in [1.807, 2.05) is 49.3 Å². The van der Waals surface area contributed by atoms with Crippen LogP contribution in [0.4, 0.5) is 8.78 Å². The Labute approximate surface area is 260 Å². The number of piperazine rings is 1. The molecule has 0 spiro atoms. The van der Waals surface area contributed by atoms with Crippen LogP contribution in [0.3, 0.4) is 0 Å². The van der Waals surface area contributed by atoms with Gasteiger partial charge in [-0.25, -0.2) is 18.7 Å². The Kier molecular flexibility index (Phi) is 11.0. The highest BCUT2D eigenvalue weighted by molar-refractivity contribution is 5.23. The van der Waals surface area contributed by atoms with E-state index in [0.717, 1.165) is 50.4 Å². The van der Waals surface area contributed by atoms with Gasteiger partial charge in [0.05, 0.1) is 36.1 Å².